The zero-order chi connectivity index (χ0) is 20.2. The number of allylic oxidation sites excluding steroid dienone is 7. The van der Waals surface area contributed by atoms with Crippen LogP contribution < -0.4 is 5.73 Å². The molecule has 0 saturated heterocycles. The Morgan fingerprint density at radius 2 is 1.52 bits per heavy atom. The van der Waals surface area contributed by atoms with Crippen LogP contribution in [-0.2, 0) is 4.79 Å². The predicted octanol–water partition coefficient (Wildman–Crippen LogP) is 4.86. The highest BCUT2D eigenvalue weighted by Crippen LogP contribution is 2.01. The quantitative estimate of drug-likeness (QED) is 0.229. The third-order valence-electron chi connectivity index (χ3n) is 3.92. The second kappa shape index (κ2) is 18.6. The Bertz CT molecular complexity index is 496. The van der Waals surface area contributed by atoms with Crippen LogP contribution in [0.15, 0.2) is 48.6 Å². The number of rotatable bonds is 16. The van der Waals surface area contributed by atoms with Crippen molar-refractivity contribution in [2.24, 2.45) is 5.73 Å². The number of carboxylic acid groups (broad SMARTS) is 1. The van der Waals surface area contributed by atoms with Crippen molar-refractivity contribution in [1.29, 1.82) is 0 Å². The number of unbranched alkanes of at least 4 members (excludes halogenated alkanes) is 3. The Hall–Kier alpha value is -2.14. The summed E-state index contributed by atoms with van der Waals surface area (Å²) in [5.41, 5.74) is 5.89. The summed E-state index contributed by atoms with van der Waals surface area (Å²) in [5.74, 6) is 0. The molecule has 0 aromatic carbocycles. The molecule has 0 heterocycles. The Morgan fingerprint density at radius 3 is 2.04 bits per heavy atom. The summed E-state index contributed by atoms with van der Waals surface area (Å²) >= 11 is 0. The van der Waals surface area contributed by atoms with E-state index in [2.05, 4.69) is 43.4 Å². The molecule has 0 aromatic rings. The van der Waals surface area contributed by atoms with Crippen LogP contribution in [0.1, 0.15) is 58.3 Å². The number of carbonyl (C=O) groups excluding carboxylic acids is 1. The Balaban J connectivity index is 3.76. The van der Waals surface area contributed by atoms with Gasteiger partial charge in [-0.3, -0.25) is 4.90 Å². The average Bonchev–Trinajstić information content (AvgIpc) is 2.64. The number of amides is 1. The molecule has 0 aromatic heterocycles. The van der Waals surface area contributed by atoms with Gasteiger partial charge in [-0.15, -0.1) is 0 Å². The molecule has 0 fully saturated rings. The standard InChI is InChI=1S/C22H36N2O3/c1-2-3-4-5-6-7-8-9-10-11-12-13-14-15-16-17-21(23)20-24(18-19-25)22(26)27/h6-7,9-10,12-13,15-16,19,21H,2-5,8,11,14,17-18,20,23H2,1H3,(H,26,27)/b7-6-,10-9-,13-12-,16-15-. The summed E-state index contributed by atoms with van der Waals surface area (Å²) in [6, 6.07) is -0.306. The van der Waals surface area contributed by atoms with E-state index in [1.165, 1.54) is 25.7 Å². The molecule has 27 heavy (non-hydrogen) atoms. The molecule has 0 aliphatic carbocycles. The summed E-state index contributed by atoms with van der Waals surface area (Å²) in [6.07, 6.45) is 24.9. The lowest BCUT2D eigenvalue weighted by atomic mass is 10.2. The average molecular weight is 377 g/mol. The zero-order valence-electron chi connectivity index (χ0n) is 16.6. The highest BCUT2D eigenvalue weighted by molar-refractivity contribution is 5.69. The lowest BCUT2D eigenvalue weighted by Crippen LogP contribution is -2.41. The van der Waals surface area contributed by atoms with Crippen LogP contribution in [0.3, 0.4) is 0 Å². The lowest BCUT2D eigenvalue weighted by molar-refractivity contribution is -0.108. The molecule has 5 nitrogen and oxygen atoms in total. The van der Waals surface area contributed by atoms with Crippen LogP contribution in [0.5, 0.6) is 0 Å². The van der Waals surface area contributed by atoms with Crippen molar-refractivity contribution in [2.45, 2.75) is 64.3 Å². The van der Waals surface area contributed by atoms with Gasteiger partial charge in [0.05, 0.1) is 6.54 Å². The fourth-order valence-corrected chi connectivity index (χ4v) is 2.39. The summed E-state index contributed by atoms with van der Waals surface area (Å²) in [4.78, 5) is 22.4. The third-order valence-corrected chi connectivity index (χ3v) is 3.92. The van der Waals surface area contributed by atoms with Crippen molar-refractivity contribution in [3.63, 3.8) is 0 Å². The van der Waals surface area contributed by atoms with E-state index < -0.39 is 6.09 Å². The first-order chi connectivity index (χ1) is 13.1. The van der Waals surface area contributed by atoms with E-state index in [0.717, 1.165) is 24.2 Å². The minimum atomic E-state index is -1.12. The molecule has 0 radical (unpaired) electrons. The van der Waals surface area contributed by atoms with E-state index in [1.54, 1.807) is 0 Å². The van der Waals surface area contributed by atoms with Gasteiger partial charge in [0.25, 0.3) is 0 Å². The predicted molar refractivity (Wildman–Crippen MR) is 113 cm³/mol. The van der Waals surface area contributed by atoms with E-state index in [1.807, 2.05) is 12.2 Å². The van der Waals surface area contributed by atoms with E-state index >= 15 is 0 Å². The van der Waals surface area contributed by atoms with Gasteiger partial charge in [0.15, 0.2) is 0 Å². The number of aldehydes is 1. The Labute approximate surface area is 164 Å². The molecule has 3 N–H and O–H groups in total. The van der Waals surface area contributed by atoms with Gasteiger partial charge in [0.1, 0.15) is 6.29 Å². The van der Waals surface area contributed by atoms with E-state index in [4.69, 9.17) is 10.8 Å². The lowest BCUT2D eigenvalue weighted by Gasteiger charge is -2.19. The second-order valence-corrected chi connectivity index (χ2v) is 6.44. The first kappa shape index (κ1) is 24.9. The van der Waals surface area contributed by atoms with Crippen LogP contribution >= 0.6 is 0 Å². The van der Waals surface area contributed by atoms with Gasteiger partial charge in [-0.2, -0.15) is 0 Å². The number of carbonyl (C=O) groups is 2. The zero-order valence-corrected chi connectivity index (χ0v) is 16.6. The number of hydrogen-bond donors (Lipinski definition) is 2. The minimum Gasteiger partial charge on any atom is -0.465 e. The van der Waals surface area contributed by atoms with Gasteiger partial charge < -0.3 is 15.6 Å². The summed E-state index contributed by atoms with van der Waals surface area (Å²) in [6.45, 7) is 2.24. The van der Waals surface area contributed by atoms with E-state index in [0.29, 0.717) is 12.7 Å². The van der Waals surface area contributed by atoms with Crippen molar-refractivity contribution in [2.75, 3.05) is 13.1 Å². The molecule has 5 heteroatoms. The maximum atomic E-state index is 10.9. The first-order valence-corrected chi connectivity index (χ1v) is 9.88. The summed E-state index contributed by atoms with van der Waals surface area (Å²) in [5, 5.41) is 8.93. The van der Waals surface area contributed by atoms with Gasteiger partial charge in [-0.1, -0.05) is 68.4 Å². The molecule has 0 bridgehead atoms. The molecule has 0 aliphatic heterocycles. The molecule has 152 valence electrons. The van der Waals surface area contributed by atoms with Crippen molar-refractivity contribution in [3.05, 3.63) is 48.6 Å². The molecule has 0 aliphatic rings. The molecule has 1 unspecified atom stereocenters. The largest absolute Gasteiger partial charge is 0.465 e. The van der Waals surface area contributed by atoms with E-state index in [9.17, 15) is 9.59 Å². The smallest absolute Gasteiger partial charge is 0.407 e. The van der Waals surface area contributed by atoms with Crippen molar-refractivity contribution < 1.29 is 14.7 Å². The SMILES string of the molecule is CCCCC/C=C\C/C=C\C/C=C\C/C=C\CC(N)CN(CC=O)C(=O)O. The normalized spacial score (nSPS) is 13.3. The molecular weight excluding hydrogens is 340 g/mol. The van der Waals surface area contributed by atoms with Crippen molar-refractivity contribution >= 4 is 12.4 Å². The maximum absolute atomic E-state index is 10.9. The third kappa shape index (κ3) is 17.0. The molecule has 0 spiro atoms. The summed E-state index contributed by atoms with van der Waals surface area (Å²) < 4.78 is 0. The summed E-state index contributed by atoms with van der Waals surface area (Å²) in [7, 11) is 0. The van der Waals surface area contributed by atoms with Crippen LogP contribution in [-0.4, -0.2) is 41.5 Å². The van der Waals surface area contributed by atoms with Gasteiger partial charge in [-0.05, 0) is 38.5 Å². The van der Waals surface area contributed by atoms with Gasteiger partial charge in [0.2, 0.25) is 0 Å². The van der Waals surface area contributed by atoms with Crippen molar-refractivity contribution in [1.82, 2.24) is 4.90 Å². The van der Waals surface area contributed by atoms with Gasteiger partial charge in [0, 0.05) is 12.6 Å². The fourth-order valence-electron chi connectivity index (χ4n) is 2.39. The second-order valence-electron chi connectivity index (χ2n) is 6.44. The molecule has 0 rings (SSSR count). The minimum absolute atomic E-state index is 0.141. The molecule has 1 amide bonds. The topological polar surface area (TPSA) is 83.6 Å². The number of nitrogens with zero attached hydrogens (tertiary/aromatic N) is 1. The van der Waals surface area contributed by atoms with Gasteiger partial charge in [-0.25, -0.2) is 4.79 Å². The van der Waals surface area contributed by atoms with Crippen LogP contribution in [0.4, 0.5) is 4.79 Å². The van der Waals surface area contributed by atoms with Gasteiger partial charge >= 0.3 is 6.09 Å². The van der Waals surface area contributed by atoms with E-state index in [-0.39, 0.29) is 19.1 Å². The molecular formula is C22H36N2O3. The Morgan fingerprint density at radius 1 is 0.963 bits per heavy atom. The number of nitrogens with two attached hydrogens (primary N) is 1. The first-order valence-electron chi connectivity index (χ1n) is 9.88. The highest BCUT2D eigenvalue weighted by atomic mass is 16.4. The molecule has 1 atom stereocenters. The van der Waals surface area contributed by atoms with Crippen LogP contribution in [0.25, 0.3) is 0 Å². The van der Waals surface area contributed by atoms with Crippen LogP contribution in [0.2, 0.25) is 0 Å². The molecule has 0 saturated carbocycles. The highest BCUT2D eigenvalue weighted by Gasteiger charge is 2.13. The van der Waals surface area contributed by atoms with Crippen LogP contribution in [0, 0.1) is 0 Å². The van der Waals surface area contributed by atoms with Crippen molar-refractivity contribution in [3.8, 4) is 0 Å². The monoisotopic (exact) mass is 376 g/mol. The number of hydrogen-bond acceptors (Lipinski definition) is 3. The Kier molecular flexibility index (Phi) is 17.2. The maximum Gasteiger partial charge on any atom is 0.407 e. The fraction of sp³-hybridized carbons (Fsp3) is 0.545.